The fraction of sp³-hybridized carbons (Fsp3) is 0.667. The lowest BCUT2D eigenvalue weighted by atomic mass is 10.0. The molecule has 0 aliphatic rings. The molecule has 6 N–H and O–H groups in total. The van der Waals surface area contributed by atoms with Crippen LogP contribution >= 0.6 is 15.2 Å². The first-order valence-electron chi connectivity index (χ1n) is 4.30. The van der Waals surface area contributed by atoms with E-state index in [-0.39, 0.29) is 0 Å². The molecule has 2 atom stereocenters. The van der Waals surface area contributed by atoms with Crippen LogP contribution in [0.5, 0.6) is 0 Å². The molecule has 0 heterocycles. The summed E-state index contributed by atoms with van der Waals surface area (Å²) in [6.07, 6.45) is -1.40. The molecule has 0 aromatic carbocycles. The number of hydrogen-bond acceptors (Lipinski definition) is 4. The van der Waals surface area contributed by atoms with E-state index in [1.165, 1.54) is 0 Å². The molecule has 0 spiro atoms. The Morgan fingerprint density at radius 3 is 1.67 bits per heavy atom. The quantitative estimate of drug-likeness (QED) is 0.333. The smallest absolute Gasteiger partial charge is 0.342 e. The molecule has 0 saturated heterocycles. The highest BCUT2D eigenvalue weighted by molar-refractivity contribution is 7.55. The van der Waals surface area contributed by atoms with Crippen molar-refractivity contribution >= 4 is 27.1 Å². The van der Waals surface area contributed by atoms with Gasteiger partial charge in [0.15, 0.2) is 10.8 Å². The molecule has 106 valence electrons. The van der Waals surface area contributed by atoms with Crippen molar-refractivity contribution in [1.29, 1.82) is 0 Å². The zero-order valence-corrected chi connectivity index (χ0v) is 10.8. The van der Waals surface area contributed by atoms with E-state index in [0.717, 1.165) is 0 Å². The molecule has 0 radical (unpaired) electrons. The first kappa shape index (κ1) is 17.2. The van der Waals surface area contributed by atoms with Crippen LogP contribution in [-0.2, 0) is 18.7 Å². The molecule has 0 fully saturated rings. The van der Waals surface area contributed by atoms with E-state index in [1.54, 1.807) is 0 Å². The standard InChI is InChI=1S/C6H12O10P2/c1-6(5(9)10,18(14,15)16)2-3(4(7)8)17(11,12)13/h3H,2H2,1H3,(H,7,8)(H,9,10)(H2,11,12,13)(H2,14,15,16). The van der Waals surface area contributed by atoms with Crippen LogP contribution in [0.4, 0.5) is 0 Å². The predicted octanol–water partition coefficient (Wildman–Crippen LogP) is -0.972. The molecule has 0 aliphatic heterocycles. The van der Waals surface area contributed by atoms with Crippen molar-refractivity contribution in [3.63, 3.8) is 0 Å². The zero-order valence-electron chi connectivity index (χ0n) is 9.00. The van der Waals surface area contributed by atoms with E-state index >= 15 is 0 Å². The Balaban J connectivity index is 5.62. The molecule has 0 aromatic heterocycles. The molecule has 12 heteroatoms. The molecule has 0 bridgehead atoms. The third kappa shape index (κ3) is 3.61. The van der Waals surface area contributed by atoms with Crippen LogP contribution in [0, 0.1) is 0 Å². The monoisotopic (exact) mass is 306 g/mol. The normalized spacial score (nSPS) is 17.8. The van der Waals surface area contributed by atoms with Crippen molar-refractivity contribution in [3.8, 4) is 0 Å². The van der Waals surface area contributed by atoms with E-state index in [2.05, 4.69) is 0 Å². The van der Waals surface area contributed by atoms with Gasteiger partial charge in [0, 0.05) is 0 Å². The molecule has 18 heavy (non-hydrogen) atoms. The summed E-state index contributed by atoms with van der Waals surface area (Å²) in [7, 11) is -10.6. The summed E-state index contributed by atoms with van der Waals surface area (Å²) >= 11 is 0. The number of rotatable bonds is 6. The van der Waals surface area contributed by atoms with Crippen LogP contribution in [0.15, 0.2) is 0 Å². The Hall–Kier alpha value is -0.760. The minimum absolute atomic E-state index is 0.529. The third-order valence-corrected chi connectivity index (χ3v) is 5.26. The summed E-state index contributed by atoms with van der Waals surface area (Å²) < 4.78 is 21.9. The number of carbonyl (C=O) groups is 2. The van der Waals surface area contributed by atoms with Crippen LogP contribution in [0.2, 0.25) is 0 Å². The van der Waals surface area contributed by atoms with Crippen LogP contribution in [0.1, 0.15) is 13.3 Å². The van der Waals surface area contributed by atoms with Gasteiger partial charge >= 0.3 is 27.1 Å². The van der Waals surface area contributed by atoms with E-state index in [4.69, 9.17) is 29.8 Å². The van der Waals surface area contributed by atoms with Gasteiger partial charge in [-0.15, -0.1) is 0 Å². The summed E-state index contributed by atoms with van der Waals surface area (Å²) in [4.78, 5) is 56.7. The van der Waals surface area contributed by atoms with Gasteiger partial charge in [-0.1, -0.05) is 0 Å². The average Bonchev–Trinajstić information content (AvgIpc) is 2.08. The maximum absolute atomic E-state index is 11.0. The van der Waals surface area contributed by atoms with Crippen molar-refractivity contribution in [1.82, 2.24) is 0 Å². The lowest BCUT2D eigenvalue weighted by molar-refractivity contribution is -0.141. The fourth-order valence-corrected chi connectivity index (χ4v) is 2.76. The lowest BCUT2D eigenvalue weighted by Crippen LogP contribution is -2.40. The Bertz CT molecular complexity index is 445. The molecular weight excluding hydrogens is 294 g/mol. The fourth-order valence-electron chi connectivity index (χ4n) is 1.06. The third-order valence-electron chi connectivity index (χ3n) is 2.39. The summed E-state index contributed by atoms with van der Waals surface area (Å²) in [6, 6.07) is 0. The lowest BCUT2D eigenvalue weighted by Gasteiger charge is -2.28. The van der Waals surface area contributed by atoms with E-state index < -0.39 is 44.4 Å². The maximum Gasteiger partial charge on any atom is 0.342 e. The van der Waals surface area contributed by atoms with Gasteiger partial charge in [-0.3, -0.25) is 18.7 Å². The Labute approximate surface area is 101 Å². The van der Waals surface area contributed by atoms with Crippen molar-refractivity contribution in [2.24, 2.45) is 0 Å². The van der Waals surface area contributed by atoms with Crippen molar-refractivity contribution in [2.45, 2.75) is 24.2 Å². The molecule has 0 amide bonds. The van der Waals surface area contributed by atoms with Gasteiger partial charge in [-0.05, 0) is 13.3 Å². The number of carboxylic acids is 2. The Morgan fingerprint density at radius 2 is 1.50 bits per heavy atom. The summed E-state index contributed by atoms with van der Waals surface area (Å²) in [5, 5.41) is 14.4. The molecule has 0 aromatic rings. The van der Waals surface area contributed by atoms with Crippen molar-refractivity contribution < 1.29 is 48.5 Å². The number of hydrogen-bond donors (Lipinski definition) is 6. The molecule has 0 saturated carbocycles. The van der Waals surface area contributed by atoms with Crippen molar-refractivity contribution in [2.75, 3.05) is 0 Å². The summed E-state index contributed by atoms with van der Waals surface area (Å²) in [5.41, 5.74) is -2.51. The molecule has 0 aliphatic carbocycles. The number of aliphatic carboxylic acids is 2. The zero-order chi connectivity index (χ0) is 14.9. The van der Waals surface area contributed by atoms with Crippen LogP contribution in [0.3, 0.4) is 0 Å². The first-order chi connectivity index (χ1) is 7.73. The van der Waals surface area contributed by atoms with Crippen molar-refractivity contribution in [3.05, 3.63) is 0 Å². The molecule has 10 nitrogen and oxygen atoms in total. The highest BCUT2D eigenvalue weighted by atomic mass is 31.2. The van der Waals surface area contributed by atoms with Gasteiger partial charge in [-0.2, -0.15) is 0 Å². The second-order valence-electron chi connectivity index (χ2n) is 3.77. The van der Waals surface area contributed by atoms with Gasteiger partial charge in [0.25, 0.3) is 0 Å². The van der Waals surface area contributed by atoms with Crippen LogP contribution in [0.25, 0.3) is 0 Å². The van der Waals surface area contributed by atoms with Gasteiger partial charge in [0.05, 0.1) is 0 Å². The minimum atomic E-state index is -5.31. The largest absolute Gasteiger partial charge is 0.481 e. The summed E-state index contributed by atoms with van der Waals surface area (Å²) in [5.74, 6) is -4.08. The average molecular weight is 306 g/mol. The van der Waals surface area contributed by atoms with Gasteiger partial charge < -0.3 is 29.8 Å². The molecule has 0 rings (SSSR count). The van der Waals surface area contributed by atoms with Gasteiger partial charge in [0.1, 0.15) is 0 Å². The van der Waals surface area contributed by atoms with E-state index in [9.17, 15) is 18.7 Å². The second-order valence-corrected chi connectivity index (χ2v) is 7.65. The van der Waals surface area contributed by atoms with Crippen LogP contribution in [-0.4, -0.2) is 52.5 Å². The van der Waals surface area contributed by atoms with Crippen LogP contribution < -0.4 is 0 Å². The SMILES string of the molecule is CC(CC(C(=O)O)P(=O)(O)O)(C(=O)O)P(=O)(O)O. The molecule has 2 unspecified atom stereocenters. The van der Waals surface area contributed by atoms with Gasteiger partial charge in [-0.25, -0.2) is 0 Å². The Kier molecular flexibility index (Phi) is 4.87. The predicted molar refractivity (Wildman–Crippen MR) is 56.2 cm³/mol. The first-order valence-corrected chi connectivity index (χ1v) is 7.60. The number of carboxylic acid groups (broad SMARTS) is 2. The highest BCUT2D eigenvalue weighted by Crippen LogP contribution is 2.57. The minimum Gasteiger partial charge on any atom is -0.481 e. The molecular formula is C6H12O10P2. The highest BCUT2D eigenvalue weighted by Gasteiger charge is 2.55. The van der Waals surface area contributed by atoms with E-state index in [0.29, 0.717) is 6.92 Å². The Morgan fingerprint density at radius 1 is 1.11 bits per heavy atom. The van der Waals surface area contributed by atoms with Gasteiger partial charge in [0.2, 0.25) is 0 Å². The maximum atomic E-state index is 11.0. The second kappa shape index (κ2) is 5.08. The van der Waals surface area contributed by atoms with E-state index in [1.807, 2.05) is 0 Å². The summed E-state index contributed by atoms with van der Waals surface area (Å²) in [6.45, 7) is 0.529. The topological polar surface area (TPSA) is 190 Å².